The molecule has 3 heteroatoms. The van der Waals surface area contributed by atoms with E-state index in [1.807, 2.05) is 0 Å². The van der Waals surface area contributed by atoms with E-state index >= 15 is 0 Å². The molecule has 0 radical (unpaired) electrons. The minimum Gasteiger partial charge on any atom is -0.383 e. The van der Waals surface area contributed by atoms with E-state index in [1.165, 1.54) is 36.2 Å². The zero-order valence-electron chi connectivity index (χ0n) is 14.0. The molecule has 1 aromatic rings. The average molecular weight is 290 g/mol. The number of hydrogen-bond acceptors (Lipinski definition) is 3. The summed E-state index contributed by atoms with van der Waals surface area (Å²) in [4.78, 5) is 2.56. The quantitative estimate of drug-likeness (QED) is 0.706. The molecule has 2 rings (SSSR count). The number of aryl methyl sites for hydroxylation is 1. The van der Waals surface area contributed by atoms with Gasteiger partial charge in [0.05, 0.1) is 6.61 Å². The molecule has 0 amide bonds. The Morgan fingerprint density at radius 1 is 1.33 bits per heavy atom. The van der Waals surface area contributed by atoms with E-state index < -0.39 is 0 Å². The van der Waals surface area contributed by atoms with Crippen molar-refractivity contribution in [1.29, 1.82) is 0 Å². The van der Waals surface area contributed by atoms with E-state index in [4.69, 9.17) is 4.74 Å². The average Bonchev–Trinajstić information content (AvgIpc) is 3.25. The highest BCUT2D eigenvalue weighted by Gasteiger charge is 2.26. The predicted molar refractivity (Wildman–Crippen MR) is 90.0 cm³/mol. The molecule has 21 heavy (non-hydrogen) atoms. The fourth-order valence-corrected chi connectivity index (χ4v) is 2.72. The smallest absolute Gasteiger partial charge is 0.0587 e. The standard InChI is InChI=1S/C18H30N2O/c1-14(2)20(13-16-5-6-16)18-8-7-17(11-15(18)3)12-19-9-10-21-4/h7-8,11,14,16,19H,5-6,9-10,12-13H2,1-4H3. The highest BCUT2D eigenvalue weighted by molar-refractivity contribution is 5.55. The van der Waals surface area contributed by atoms with Gasteiger partial charge in [0, 0.05) is 38.5 Å². The Hall–Kier alpha value is -1.06. The van der Waals surface area contributed by atoms with Crippen LogP contribution in [0.4, 0.5) is 5.69 Å². The van der Waals surface area contributed by atoms with Crippen molar-refractivity contribution >= 4 is 5.69 Å². The first-order valence-electron chi connectivity index (χ1n) is 8.17. The van der Waals surface area contributed by atoms with Crippen molar-refractivity contribution in [2.45, 2.75) is 46.2 Å². The molecule has 1 aromatic carbocycles. The van der Waals surface area contributed by atoms with Gasteiger partial charge in [0.25, 0.3) is 0 Å². The van der Waals surface area contributed by atoms with Crippen LogP contribution in [0, 0.1) is 12.8 Å². The van der Waals surface area contributed by atoms with Gasteiger partial charge in [0.15, 0.2) is 0 Å². The molecular weight excluding hydrogens is 260 g/mol. The van der Waals surface area contributed by atoms with E-state index in [9.17, 15) is 0 Å². The fraction of sp³-hybridized carbons (Fsp3) is 0.667. The summed E-state index contributed by atoms with van der Waals surface area (Å²) in [5, 5.41) is 3.40. The van der Waals surface area contributed by atoms with Crippen LogP contribution >= 0.6 is 0 Å². The second-order valence-electron chi connectivity index (χ2n) is 6.48. The van der Waals surface area contributed by atoms with Crippen molar-refractivity contribution in [1.82, 2.24) is 5.32 Å². The summed E-state index contributed by atoms with van der Waals surface area (Å²) in [7, 11) is 1.74. The molecule has 0 atom stereocenters. The summed E-state index contributed by atoms with van der Waals surface area (Å²) >= 11 is 0. The number of methoxy groups -OCH3 is 1. The van der Waals surface area contributed by atoms with E-state index in [2.05, 4.69) is 49.2 Å². The molecule has 1 aliphatic rings. The molecule has 0 aromatic heterocycles. The minimum atomic E-state index is 0.565. The van der Waals surface area contributed by atoms with Gasteiger partial charge in [-0.25, -0.2) is 0 Å². The number of nitrogens with one attached hydrogen (secondary N) is 1. The van der Waals surface area contributed by atoms with Crippen molar-refractivity contribution in [2.75, 3.05) is 31.7 Å². The Morgan fingerprint density at radius 3 is 2.67 bits per heavy atom. The largest absolute Gasteiger partial charge is 0.383 e. The Balaban J connectivity index is 1.99. The van der Waals surface area contributed by atoms with Crippen LogP contribution in [-0.4, -0.2) is 32.8 Å². The highest BCUT2D eigenvalue weighted by atomic mass is 16.5. The van der Waals surface area contributed by atoms with Gasteiger partial charge in [0.1, 0.15) is 0 Å². The molecule has 0 bridgehead atoms. The van der Waals surface area contributed by atoms with Crippen LogP contribution in [0.25, 0.3) is 0 Å². The Labute approximate surface area is 129 Å². The van der Waals surface area contributed by atoms with Crippen LogP contribution in [0.1, 0.15) is 37.8 Å². The summed E-state index contributed by atoms with van der Waals surface area (Å²) in [6.07, 6.45) is 2.81. The molecular formula is C18H30N2O. The maximum atomic E-state index is 5.05. The van der Waals surface area contributed by atoms with Crippen molar-refractivity contribution in [2.24, 2.45) is 5.92 Å². The Morgan fingerprint density at radius 2 is 2.10 bits per heavy atom. The fourth-order valence-electron chi connectivity index (χ4n) is 2.72. The van der Waals surface area contributed by atoms with Crippen LogP contribution < -0.4 is 10.2 Å². The third-order valence-electron chi connectivity index (χ3n) is 4.16. The van der Waals surface area contributed by atoms with Crippen molar-refractivity contribution in [3.63, 3.8) is 0 Å². The lowest BCUT2D eigenvalue weighted by Crippen LogP contribution is -2.33. The summed E-state index contributed by atoms with van der Waals surface area (Å²) in [6.45, 7) is 10.6. The summed E-state index contributed by atoms with van der Waals surface area (Å²) in [6, 6.07) is 7.43. The van der Waals surface area contributed by atoms with Crippen LogP contribution in [0.3, 0.4) is 0 Å². The third-order valence-corrected chi connectivity index (χ3v) is 4.16. The lowest BCUT2D eigenvalue weighted by molar-refractivity contribution is 0.199. The molecule has 1 saturated carbocycles. The van der Waals surface area contributed by atoms with E-state index in [-0.39, 0.29) is 0 Å². The normalized spacial score (nSPS) is 14.7. The zero-order chi connectivity index (χ0) is 15.2. The molecule has 118 valence electrons. The van der Waals surface area contributed by atoms with Gasteiger partial charge in [-0.3, -0.25) is 0 Å². The van der Waals surface area contributed by atoms with Crippen LogP contribution in [-0.2, 0) is 11.3 Å². The second-order valence-corrected chi connectivity index (χ2v) is 6.48. The molecule has 1 fully saturated rings. The number of hydrogen-bond donors (Lipinski definition) is 1. The van der Waals surface area contributed by atoms with Crippen LogP contribution in [0.5, 0.6) is 0 Å². The number of nitrogens with zero attached hydrogens (tertiary/aromatic N) is 1. The third kappa shape index (κ3) is 5.01. The molecule has 0 aliphatic heterocycles. The van der Waals surface area contributed by atoms with Crippen molar-refractivity contribution in [3.05, 3.63) is 29.3 Å². The number of ether oxygens (including phenoxy) is 1. The number of benzene rings is 1. The van der Waals surface area contributed by atoms with Gasteiger partial charge in [-0.15, -0.1) is 0 Å². The number of rotatable bonds is 9. The van der Waals surface area contributed by atoms with Gasteiger partial charge < -0.3 is 15.0 Å². The summed E-state index contributed by atoms with van der Waals surface area (Å²) in [5.74, 6) is 0.919. The maximum absolute atomic E-state index is 5.05. The first kappa shape index (κ1) is 16.3. The molecule has 1 N–H and O–H groups in total. The SMILES string of the molecule is COCCNCc1ccc(N(CC2CC2)C(C)C)c(C)c1. The number of anilines is 1. The lowest BCUT2D eigenvalue weighted by atomic mass is 10.1. The predicted octanol–water partition coefficient (Wildman–Crippen LogP) is 3.36. The van der Waals surface area contributed by atoms with Crippen LogP contribution in [0.15, 0.2) is 18.2 Å². The zero-order valence-corrected chi connectivity index (χ0v) is 14.0. The van der Waals surface area contributed by atoms with Gasteiger partial charge in [-0.2, -0.15) is 0 Å². The van der Waals surface area contributed by atoms with Crippen molar-refractivity contribution in [3.8, 4) is 0 Å². The van der Waals surface area contributed by atoms with E-state index in [0.717, 1.165) is 25.6 Å². The Kier molecular flexibility index (Phi) is 6.07. The summed E-state index contributed by atoms with van der Waals surface area (Å²) in [5.41, 5.74) is 4.13. The maximum Gasteiger partial charge on any atom is 0.0587 e. The van der Waals surface area contributed by atoms with E-state index in [0.29, 0.717) is 6.04 Å². The van der Waals surface area contributed by atoms with Gasteiger partial charge in [-0.1, -0.05) is 12.1 Å². The molecule has 0 saturated heterocycles. The van der Waals surface area contributed by atoms with Crippen LogP contribution in [0.2, 0.25) is 0 Å². The Bertz CT molecular complexity index is 441. The first-order chi connectivity index (χ1) is 10.1. The molecule has 1 aliphatic carbocycles. The molecule has 0 spiro atoms. The monoisotopic (exact) mass is 290 g/mol. The molecule has 0 heterocycles. The van der Waals surface area contributed by atoms with Gasteiger partial charge in [-0.05, 0) is 56.7 Å². The summed E-state index contributed by atoms with van der Waals surface area (Å²) < 4.78 is 5.05. The highest BCUT2D eigenvalue weighted by Crippen LogP contribution is 2.33. The first-order valence-corrected chi connectivity index (χ1v) is 8.17. The van der Waals surface area contributed by atoms with Gasteiger partial charge in [0.2, 0.25) is 0 Å². The van der Waals surface area contributed by atoms with Gasteiger partial charge >= 0.3 is 0 Å². The van der Waals surface area contributed by atoms with Crippen molar-refractivity contribution < 1.29 is 4.74 Å². The lowest BCUT2D eigenvalue weighted by Gasteiger charge is -2.31. The minimum absolute atomic E-state index is 0.565. The topological polar surface area (TPSA) is 24.5 Å². The molecule has 3 nitrogen and oxygen atoms in total. The molecule has 0 unspecified atom stereocenters. The van der Waals surface area contributed by atoms with E-state index in [1.54, 1.807) is 7.11 Å². The second kappa shape index (κ2) is 7.81.